The maximum atomic E-state index is 5.85. The summed E-state index contributed by atoms with van der Waals surface area (Å²) in [6, 6.07) is 5.49. The predicted molar refractivity (Wildman–Crippen MR) is 70.8 cm³/mol. The topological polar surface area (TPSA) is 61.0 Å². The van der Waals surface area contributed by atoms with E-state index >= 15 is 0 Å². The van der Waals surface area contributed by atoms with Gasteiger partial charge < -0.3 is 10.5 Å². The van der Waals surface area contributed by atoms with Gasteiger partial charge in [0.1, 0.15) is 5.75 Å². The molecule has 5 heteroatoms. The monoisotopic (exact) mass is 263 g/mol. The number of hydrogen-bond donors (Lipinski definition) is 1. The number of hydrogen-bond acceptors (Lipinski definition) is 4. The molecule has 0 aliphatic rings. The van der Waals surface area contributed by atoms with Crippen molar-refractivity contribution < 1.29 is 4.74 Å². The zero-order valence-corrected chi connectivity index (χ0v) is 10.8. The minimum absolute atomic E-state index is 0.458. The van der Waals surface area contributed by atoms with Crippen molar-refractivity contribution in [1.29, 1.82) is 0 Å². The molecule has 4 nitrogen and oxygen atoms in total. The fourth-order valence-electron chi connectivity index (χ4n) is 1.54. The van der Waals surface area contributed by atoms with Crippen LogP contribution in [0, 0.1) is 0 Å². The second-order valence-corrected chi connectivity index (χ2v) is 4.24. The molecule has 2 heterocycles. The van der Waals surface area contributed by atoms with Crippen LogP contribution in [0.2, 0.25) is 5.02 Å². The largest absolute Gasteiger partial charge is 0.437 e. The van der Waals surface area contributed by atoms with Crippen LogP contribution < -0.4 is 10.5 Å². The van der Waals surface area contributed by atoms with E-state index in [4.69, 9.17) is 22.1 Å². The molecule has 0 spiro atoms. The first kappa shape index (κ1) is 12.8. The normalized spacial score (nSPS) is 10.4. The van der Waals surface area contributed by atoms with Gasteiger partial charge in [0.25, 0.3) is 0 Å². The number of nitrogens with zero attached hydrogens (tertiary/aromatic N) is 2. The Hall–Kier alpha value is -1.65. The maximum Gasteiger partial charge on any atom is 0.219 e. The van der Waals surface area contributed by atoms with Gasteiger partial charge in [0.05, 0.1) is 11.2 Å². The smallest absolute Gasteiger partial charge is 0.219 e. The molecular formula is C13H14ClN3O. The molecule has 2 aromatic heterocycles. The van der Waals surface area contributed by atoms with Gasteiger partial charge in [-0.05, 0) is 18.1 Å². The van der Waals surface area contributed by atoms with Crippen LogP contribution in [0.15, 0.2) is 30.6 Å². The minimum Gasteiger partial charge on any atom is -0.437 e. The highest BCUT2D eigenvalue weighted by Gasteiger charge is 2.04. The molecule has 18 heavy (non-hydrogen) atoms. The van der Waals surface area contributed by atoms with Crippen molar-refractivity contribution in [2.75, 3.05) is 0 Å². The lowest BCUT2D eigenvalue weighted by molar-refractivity contribution is 0.458. The number of pyridine rings is 2. The van der Waals surface area contributed by atoms with Crippen LogP contribution in [-0.4, -0.2) is 9.97 Å². The molecule has 0 amide bonds. The molecule has 0 bridgehead atoms. The van der Waals surface area contributed by atoms with Crippen molar-refractivity contribution in [3.05, 3.63) is 46.9 Å². The molecular weight excluding hydrogens is 250 g/mol. The summed E-state index contributed by atoms with van der Waals surface area (Å²) in [6.07, 6.45) is 3.97. The Balaban J connectivity index is 2.28. The second-order valence-electron chi connectivity index (χ2n) is 3.80. The molecule has 94 valence electrons. The van der Waals surface area contributed by atoms with Crippen LogP contribution in [0.5, 0.6) is 11.6 Å². The van der Waals surface area contributed by atoms with Crippen molar-refractivity contribution in [2.45, 2.75) is 19.9 Å². The van der Waals surface area contributed by atoms with Gasteiger partial charge in [-0.2, -0.15) is 0 Å². The number of rotatable bonds is 4. The van der Waals surface area contributed by atoms with Crippen LogP contribution in [0.25, 0.3) is 0 Å². The molecule has 0 atom stereocenters. The standard InChI is InChI=1S/C13H14ClN3O/c1-2-11-3-9(6-15)4-13(17-11)18-12-5-10(14)7-16-8-12/h3-5,7-8H,2,6,15H2,1H3. The van der Waals surface area contributed by atoms with Gasteiger partial charge in [-0.3, -0.25) is 4.98 Å². The van der Waals surface area contributed by atoms with E-state index in [9.17, 15) is 0 Å². The van der Waals surface area contributed by atoms with Crippen LogP contribution >= 0.6 is 11.6 Å². The summed E-state index contributed by atoms with van der Waals surface area (Å²) >= 11 is 5.85. The fraction of sp³-hybridized carbons (Fsp3) is 0.231. The van der Waals surface area contributed by atoms with Crippen molar-refractivity contribution in [3.63, 3.8) is 0 Å². The first-order valence-electron chi connectivity index (χ1n) is 5.69. The third kappa shape index (κ3) is 3.18. The van der Waals surface area contributed by atoms with E-state index in [1.165, 1.54) is 0 Å². The molecule has 2 N–H and O–H groups in total. The Bertz CT molecular complexity index is 523. The van der Waals surface area contributed by atoms with E-state index in [1.54, 1.807) is 18.5 Å². The van der Waals surface area contributed by atoms with Crippen molar-refractivity contribution in [2.24, 2.45) is 5.73 Å². The van der Waals surface area contributed by atoms with E-state index < -0.39 is 0 Å². The van der Waals surface area contributed by atoms with Gasteiger partial charge in [-0.1, -0.05) is 18.5 Å². The van der Waals surface area contributed by atoms with Gasteiger partial charge in [0.15, 0.2) is 0 Å². The lowest BCUT2D eigenvalue weighted by atomic mass is 10.2. The third-order valence-electron chi connectivity index (χ3n) is 2.41. The lowest BCUT2D eigenvalue weighted by Crippen LogP contribution is -2.00. The van der Waals surface area contributed by atoms with Crippen LogP contribution in [-0.2, 0) is 13.0 Å². The zero-order valence-electron chi connectivity index (χ0n) is 10.1. The van der Waals surface area contributed by atoms with Gasteiger partial charge in [-0.25, -0.2) is 4.98 Å². The zero-order chi connectivity index (χ0) is 13.0. The molecule has 0 unspecified atom stereocenters. The maximum absolute atomic E-state index is 5.85. The Morgan fingerprint density at radius 2 is 2.11 bits per heavy atom. The molecule has 0 aromatic carbocycles. The average Bonchev–Trinajstić information content (AvgIpc) is 2.38. The van der Waals surface area contributed by atoms with Crippen molar-refractivity contribution >= 4 is 11.6 Å². The Kier molecular flexibility index (Phi) is 4.12. The number of halogens is 1. The summed E-state index contributed by atoms with van der Waals surface area (Å²) in [5.41, 5.74) is 7.58. The average molecular weight is 264 g/mol. The summed E-state index contributed by atoms with van der Waals surface area (Å²) < 4.78 is 5.63. The summed E-state index contributed by atoms with van der Waals surface area (Å²) in [6.45, 7) is 2.49. The van der Waals surface area contributed by atoms with Crippen LogP contribution in [0.3, 0.4) is 0 Å². The van der Waals surface area contributed by atoms with Gasteiger partial charge in [-0.15, -0.1) is 0 Å². The van der Waals surface area contributed by atoms with E-state index in [1.807, 2.05) is 19.1 Å². The van der Waals surface area contributed by atoms with Crippen LogP contribution in [0.1, 0.15) is 18.2 Å². The highest BCUT2D eigenvalue weighted by molar-refractivity contribution is 6.30. The van der Waals surface area contributed by atoms with Crippen molar-refractivity contribution in [3.8, 4) is 11.6 Å². The Morgan fingerprint density at radius 3 is 2.78 bits per heavy atom. The number of nitrogens with two attached hydrogens (primary N) is 1. The minimum atomic E-state index is 0.458. The molecule has 2 rings (SSSR count). The molecule has 0 saturated heterocycles. The number of aryl methyl sites for hydroxylation is 1. The molecule has 0 aliphatic heterocycles. The first-order valence-corrected chi connectivity index (χ1v) is 6.07. The molecule has 0 radical (unpaired) electrons. The van der Waals surface area contributed by atoms with Crippen molar-refractivity contribution in [1.82, 2.24) is 9.97 Å². The van der Waals surface area contributed by atoms with Gasteiger partial charge in [0, 0.05) is 30.6 Å². The quantitative estimate of drug-likeness (QED) is 0.921. The summed E-state index contributed by atoms with van der Waals surface area (Å²) in [5, 5.41) is 0.526. The van der Waals surface area contributed by atoms with Crippen LogP contribution in [0.4, 0.5) is 0 Å². The Morgan fingerprint density at radius 1 is 1.28 bits per heavy atom. The third-order valence-corrected chi connectivity index (χ3v) is 2.62. The summed E-state index contributed by atoms with van der Waals surface area (Å²) in [4.78, 5) is 8.33. The molecule has 2 aromatic rings. The first-order chi connectivity index (χ1) is 8.71. The fourth-order valence-corrected chi connectivity index (χ4v) is 1.70. The number of aromatic nitrogens is 2. The lowest BCUT2D eigenvalue weighted by Gasteiger charge is -2.08. The summed E-state index contributed by atoms with van der Waals surface area (Å²) in [7, 11) is 0. The molecule has 0 saturated carbocycles. The Labute approximate surface area is 111 Å². The van der Waals surface area contributed by atoms with Gasteiger partial charge in [0.2, 0.25) is 5.88 Å². The highest BCUT2D eigenvalue weighted by atomic mass is 35.5. The molecule has 0 fully saturated rings. The van der Waals surface area contributed by atoms with E-state index in [-0.39, 0.29) is 0 Å². The van der Waals surface area contributed by atoms with E-state index in [0.29, 0.717) is 23.2 Å². The second kappa shape index (κ2) is 5.80. The number of ether oxygens (including phenoxy) is 1. The highest BCUT2D eigenvalue weighted by Crippen LogP contribution is 2.22. The van der Waals surface area contributed by atoms with Gasteiger partial charge >= 0.3 is 0 Å². The summed E-state index contributed by atoms with van der Waals surface area (Å²) in [5.74, 6) is 1.07. The van der Waals surface area contributed by atoms with E-state index in [2.05, 4.69) is 9.97 Å². The van der Waals surface area contributed by atoms with E-state index in [0.717, 1.165) is 17.7 Å². The SMILES string of the molecule is CCc1cc(CN)cc(Oc2cncc(Cl)c2)n1. The molecule has 0 aliphatic carbocycles. The predicted octanol–water partition coefficient (Wildman–Crippen LogP) is 2.94.